The van der Waals surface area contributed by atoms with Crippen LogP contribution >= 0.6 is 11.3 Å². The minimum atomic E-state index is 0.0336. The van der Waals surface area contributed by atoms with Gasteiger partial charge in [-0.2, -0.15) is 0 Å². The third-order valence-electron chi connectivity index (χ3n) is 4.09. The highest BCUT2D eigenvalue weighted by atomic mass is 32.1. The molecule has 1 aliphatic heterocycles. The van der Waals surface area contributed by atoms with Crippen molar-refractivity contribution in [2.45, 2.75) is 26.4 Å². The maximum Gasteiger partial charge on any atom is 0.231 e. The molecule has 1 atom stereocenters. The Labute approximate surface area is 141 Å². The number of nitrogens with zero attached hydrogens (tertiary/aromatic N) is 1. The maximum absolute atomic E-state index is 6.32. The molecule has 3 rings (SSSR count). The summed E-state index contributed by atoms with van der Waals surface area (Å²) in [5.74, 6) is 2.24. The van der Waals surface area contributed by atoms with Crippen molar-refractivity contribution in [3.63, 3.8) is 0 Å². The molecule has 0 N–H and O–H groups in total. The Kier molecular flexibility index (Phi) is 5.41. The summed E-state index contributed by atoms with van der Waals surface area (Å²) in [6.07, 6.45) is 0.985. The Hall–Kier alpha value is -1.72. The molecule has 0 fully saturated rings. The molecular formula is C18H23NO3S. The third kappa shape index (κ3) is 3.79. The molecular weight excluding hydrogens is 310 g/mol. The molecule has 0 spiro atoms. The fourth-order valence-corrected chi connectivity index (χ4v) is 3.51. The number of rotatable bonds is 8. The second-order valence-electron chi connectivity index (χ2n) is 5.43. The zero-order valence-corrected chi connectivity index (χ0v) is 14.5. The smallest absolute Gasteiger partial charge is 0.231 e. The summed E-state index contributed by atoms with van der Waals surface area (Å²) in [5.41, 5.74) is 0. The number of hydrogen-bond donors (Lipinski definition) is 0. The largest absolute Gasteiger partial charge is 0.481 e. The Morgan fingerprint density at radius 1 is 1.17 bits per heavy atom. The van der Waals surface area contributed by atoms with E-state index in [1.54, 1.807) is 11.3 Å². The van der Waals surface area contributed by atoms with Gasteiger partial charge in [-0.05, 0) is 36.7 Å². The summed E-state index contributed by atoms with van der Waals surface area (Å²) in [7, 11) is 0. The fraction of sp³-hybridized carbons (Fsp3) is 0.444. The first kappa shape index (κ1) is 16.1. The molecule has 0 amide bonds. The number of thiophene rings is 1. The van der Waals surface area contributed by atoms with Gasteiger partial charge in [0, 0.05) is 17.8 Å². The minimum absolute atomic E-state index is 0.0336. The molecule has 0 saturated carbocycles. The van der Waals surface area contributed by atoms with Crippen LogP contribution in [0.25, 0.3) is 0 Å². The van der Waals surface area contributed by atoms with Crippen LogP contribution in [0.3, 0.4) is 0 Å². The average molecular weight is 333 g/mol. The molecule has 23 heavy (non-hydrogen) atoms. The van der Waals surface area contributed by atoms with E-state index in [9.17, 15) is 0 Å². The molecule has 0 bridgehead atoms. The van der Waals surface area contributed by atoms with Gasteiger partial charge in [0.15, 0.2) is 11.5 Å². The molecule has 4 nitrogen and oxygen atoms in total. The molecule has 2 aromatic rings. The number of ether oxygens (including phenoxy) is 3. The molecule has 0 saturated heterocycles. The number of fused-ring (bicyclic) bond motifs is 1. The van der Waals surface area contributed by atoms with Gasteiger partial charge in [0.2, 0.25) is 12.5 Å². The van der Waals surface area contributed by atoms with Crippen molar-refractivity contribution in [3.05, 3.63) is 40.6 Å². The van der Waals surface area contributed by atoms with E-state index in [1.165, 1.54) is 4.88 Å². The van der Waals surface area contributed by atoms with E-state index in [-0.39, 0.29) is 12.9 Å². The standard InChI is InChI=1S/C18H23NO3S/c1-3-19(4-2)11-10-14(17-9-6-12-23-17)22-16-8-5-7-15-18(16)21-13-20-15/h5-9,12,14H,3-4,10-11,13H2,1-2H3. The lowest BCUT2D eigenvalue weighted by Gasteiger charge is -2.23. The summed E-state index contributed by atoms with van der Waals surface area (Å²) in [6.45, 7) is 7.79. The van der Waals surface area contributed by atoms with E-state index >= 15 is 0 Å². The Balaban J connectivity index is 1.75. The van der Waals surface area contributed by atoms with Gasteiger partial charge in [0.1, 0.15) is 6.10 Å². The van der Waals surface area contributed by atoms with Crippen molar-refractivity contribution in [3.8, 4) is 17.2 Å². The lowest BCUT2D eigenvalue weighted by Crippen LogP contribution is -2.26. The predicted octanol–water partition coefficient (Wildman–Crippen LogP) is 4.33. The van der Waals surface area contributed by atoms with Crippen LogP contribution in [0.5, 0.6) is 17.2 Å². The van der Waals surface area contributed by atoms with Crippen LogP contribution in [0.2, 0.25) is 0 Å². The Bertz CT molecular complexity index is 611. The van der Waals surface area contributed by atoms with Crippen molar-refractivity contribution < 1.29 is 14.2 Å². The van der Waals surface area contributed by atoms with Gasteiger partial charge in [0.05, 0.1) is 0 Å². The van der Waals surface area contributed by atoms with E-state index in [1.807, 2.05) is 18.2 Å². The van der Waals surface area contributed by atoms with Crippen molar-refractivity contribution in [1.82, 2.24) is 4.90 Å². The molecule has 5 heteroatoms. The minimum Gasteiger partial charge on any atom is -0.481 e. The second-order valence-corrected chi connectivity index (χ2v) is 6.41. The normalized spacial score (nSPS) is 14.2. The lowest BCUT2D eigenvalue weighted by atomic mass is 10.2. The first-order chi connectivity index (χ1) is 11.3. The summed E-state index contributed by atoms with van der Waals surface area (Å²) >= 11 is 1.73. The van der Waals surface area contributed by atoms with E-state index in [0.29, 0.717) is 0 Å². The fourth-order valence-electron chi connectivity index (χ4n) is 2.72. The van der Waals surface area contributed by atoms with Crippen LogP contribution in [0, 0.1) is 0 Å². The maximum atomic E-state index is 6.32. The number of benzene rings is 1. The summed E-state index contributed by atoms with van der Waals surface area (Å²) in [5, 5.41) is 2.10. The monoisotopic (exact) mass is 333 g/mol. The predicted molar refractivity (Wildman–Crippen MR) is 92.7 cm³/mol. The highest BCUT2D eigenvalue weighted by Gasteiger charge is 2.22. The van der Waals surface area contributed by atoms with Gasteiger partial charge in [0.25, 0.3) is 0 Å². The Morgan fingerprint density at radius 3 is 2.78 bits per heavy atom. The SMILES string of the molecule is CCN(CC)CCC(Oc1cccc2c1OCO2)c1cccs1. The lowest BCUT2D eigenvalue weighted by molar-refractivity contribution is 0.150. The zero-order chi connectivity index (χ0) is 16.1. The molecule has 0 radical (unpaired) electrons. The number of para-hydroxylation sites is 1. The molecule has 0 aliphatic carbocycles. The topological polar surface area (TPSA) is 30.9 Å². The van der Waals surface area contributed by atoms with Crippen molar-refractivity contribution in [2.24, 2.45) is 0 Å². The third-order valence-corrected chi connectivity index (χ3v) is 5.06. The first-order valence-corrected chi connectivity index (χ1v) is 9.00. The van der Waals surface area contributed by atoms with E-state index in [4.69, 9.17) is 14.2 Å². The number of hydrogen-bond acceptors (Lipinski definition) is 5. The highest BCUT2D eigenvalue weighted by Crippen LogP contribution is 2.42. The van der Waals surface area contributed by atoms with Gasteiger partial charge in [-0.25, -0.2) is 0 Å². The van der Waals surface area contributed by atoms with Gasteiger partial charge in [-0.1, -0.05) is 26.0 Å². The van der Waals surface area contributed by atoms with Crippen LogP contribution in [-0.4, -0.2) is 31.3 Å². The summed E-state index contributed by atoms with van der Waals surface area (Å²) < 4.78 is 17.3. The van der Waals surface area contributed by atoms with Crippen LogP contribution in [0.4, 0.5) is 0 Å². The van der Waals surface area contributed by atoms with E-state index < -0.39 is 0 Å². The van der Waals surface area contributed by atoms with Crippen LogP contribution in [-0.2, 0) is 0 Å². The average Bonchev–Trinajstić information content (AvgIpc) is 3.26. The van der Waals surface area contributed by atoms with Gasteiger partial charge >= 0.3 is 0 Å². The van der Waals surface area contributed by atoms with Crippen LogP contribution in [0.15, 0.2) is 35.7 Å². The summed E-state index contributed by atoms with van der Waals surface area (Å²) in [4.78, 5) is 3.66. The first-order valence-electron chi connectivity index (χ1n) is 8.12. The van der Waals surface area contributed by atoms with Gasteiger partial charge in [-0.15, -0.1) is 11.3 Å². The molecule has 1 aliphatic rings. The molecule has 1 aromatic heterocycles. The molecule has 124 valence electrons. The Morgan fingerprint density at radius 2 is 2.04 bits per heavy atom. The van der Waals surface area contributed by atoms with Crippen molar-refractivity contribution in [2.75, 3.05) is 26.4 Å². The molecule has 1 unspecified atom stereocenters. The summed E-state index contributed by atoms with van der Waals surface area (Å²) in [6, 6.07) is 10.0. The van der Waals surface area contributed by atoms with E-state index in [2.05, 4.69) is 36.3 Å². The van der Waals surface area contributed by atoms with Crippen molar-refractivity contribution >= 4 is 11.3 Å². The zero-order valence-electron chi connectivity index (χ0n) is 13.7. The van der Waals surface area contributed by atoms with Crippen LogP contribution in [0.1, 0.15) is 31.2 Å². The van der Waals surface area contributed by atoms with Crippen LogP contribution < -0.4 is 14.2 Å². The molecule has 2 heterocycles. The van der Waals surface area contributed by atoms with Crippen molar-refractivity contribution in [1.29, 1.82) is 0 Å². The quantitative estimate of drug-likeness (QED) is 0.719. The van der Waals surface area contributed by atoms with Gasteiger partial charge in [-0.3, -0.25) is 0 Å². The van der Waals surface area contributed by atoms with Gasteiger partial charge < -0.3 is 19.1 Å². The highest BCUT2D eigenvalue weighted by molar-refractivity contribution is 7.10. The van der Waals surface area contributed by atoms with E-state index in [0.717, 1.165) is 43.3 Å². The molecule has 1 aromatic carbocycles. The second kappa shape index (κ2) is 7.70.